The first-order valence-corrected chi connectivity index (χ1v) is 13.6. The number of hydrogen-bond acceptors (Lipinski definition) is 2. The molecule has 2 aromatic carbocycles. The Kier molecular flexibility index (Phi) is 7.55. The van der Waals surface area contributed by atoms with E-state index < -0.39 is 0 Å². The summed E-state index contributed by atoms with van der Waals surface area (Å²) in [5.74, 6) is 1.71. The van der Waals surface area contributed by atoms with Gasteiger partial charge in [-0.3, -0.25) is 9.59 Å². The minimum absolute atomic E-state index is 0.227. The summed E-state index contributed by atoms with van der Waals surface area (Å²) in [7, 11) is 0. The molecule has 36 heavy (non-hydrogen) atoms. The molecule has 2 fully saturated rings. The summed E-state index contributed by atoms with van der Waals surface area (Å²) < 4.78 is 0. The second-order valence-corrected chi connectivity index (χ2v) is 13.0. The van der Waals surface area contributed by atoms with Crippen LogP contribution >= 0.6 is 0 Å². The molecule has 0 saturated heterocycles. The molecule has 0 heterocycles. The van der Waals surface area contributed by atoms with E-state index >= 15 is 0 Å². The van der Waals surface area contributed by atoms with E-state index in [4.69, 9.17) is 0 Å². The number of allylic oxidation sites excluding steroid dienone is 2. The van der Waals surface area contributed by atoms with Crippen molar-refractivity contribution < 1.29 is 9.59 Å². The van der Waals surface area contributed by atoms with E-state index in [-0.39, 0.29) is 10.8 Å². The van der Waals surface area contributed by atoms with E-state index in [1.54, 1.807) is 0 Å². The Balaban J connectivity index is 1.47. The topological polar surface area (TPSA) is 34.1 Å². The Morgan fingerprint density at radius 1 is 0.583 bits per heavy atom. The fourth-order valence-electron chi connectivity index (χ4n) is 5.60. The zero-order valence-corrected chi connectivity index (χ0v) is 23.0. The third-order valence-electron chi connectivity index (χ3n) is 8.37. The summed E-state index contributed by atoms with van der Waals surface area (Å²) in [4.78, 5) is 25.1. The van der Waals surface area contributed by atoms with Crippen molar-refractivity contribution in [1.82, 2.24) is 0 Å². The Labute approximate surface area is 217 Å². The van der Waals surface area contributed by atoms with E-state index in [0.29, 0.717) is 36.2 Å². The van der Waals surface area contributed by atoms with Gasteiger partial charge in [0.05, 0.1) is 0 Å². The van der Waals surface area contributed by atoms with Gasteiger partial charge in [0.1, 0.15) is 0 Å². The molecule has 2 aliphatic rings. The maximum absolute atomic E-state index is 12.5. The van der Waals surface area contributed by atoms with Crippen LogP contribution in [0, 0.1) is 22.7 Å². The standard InChI is InChI=1S/C34H42O2/c1-33(2,3)29-15-17-31(35)27(21-29)19-23-7-11-25(12-8-23)26-13-9-24(10-14-26)20-28-22-30(34(4,5)6)16-18-32(28)36/h7-14,19-20,29-30H,15-18,21-22H2,1-6H3/b27-19+,28-20+. The Morgan fingerprint density at radius 3 is 1.22 bits per heavy atom. The van der Waals surface area contributed by atoms with Crippen molar-refractivity contribution >= 4 is 23.7 Å². The number of benzene rings is 2. The third-order valence-corrected chi connectivity index (χ3v) is 8.37. The molecule has 2 nitrogen and oxygen atoms in total. The van der Waals surface area contributed by atoms with Gasteiger partial charge in [-0.2, -0.15) is 0 Å². The molecular formula is C34H42O2. The number of carbonyl (C=O) groups is 2. The second kappa shape index (κ2) is 10.3. The molecule has 2 saturated carbocycles. The Bertz CT molecular complexity index is 1070. The lowest BCUT2D eigenvalue weighted by atomic mass is 9.70. The van der Waals surface area contributed by atoms with Gasteiger partial charge in [0.2, 0.25) is 0 Å². The van der Waals surface area contributed by atoms with Crippen LogP contribution < -0.4 is 0 Å². The smallest absolute Gasteiger partial charge is 0.158 e. The van der Waals surface area contributed by atoms with Crippen molar-refractivity contribution in [2.45, 2.75) is 80.1 Å². The molecule has 4 rings (SSSR count). The summed E-state index contributed by atoms with van der Waals surface area (Å²) in [6.45, 7) is 13.7. The molecule has 2 aliphatic carbocycles. The van der Waals surface area contributed by atoms with Gasteiger partial charge < -0.3 is 0 Å². The van der Waals surface area contributed by atoms with Gasteiger partial charge >= 0.3 is 0 Å². The number of ketones is 2. The number of Topliss-reactive ketones (excluding diaryl/α,β-unsaturated/α-hetero) is 2. The minimum atomic E-state index is 0.227. The largest absolute Gasteiger partial charge is 0.295 e. The van der Waals surface area contributed by atoms with E-state index in [2.05, 4.69) is 102 Å². The number of carbonyl (C=O) groups excluding carboxylic acids is 2. The maximum atomic E-state index is 12.5. The van der Waals surface area contributed by atoms with Crippen molar-refractivity contribution in [3.8, 4) is 11.1 Å². The maximum Gasteiger partial charge on any atom is 0.158 e. The van der Waals surface area contributed by atoms with Crippen LogP contribution in [0.1, 0.15) is 91.2 Å². The van der Waals surface area contributed by atoms with Crippen molar-refractivity contribution in [1.29, 1.82) is 0 Å². The molecule has 0 N–H and O–H groups in total. The van der Waals surface area contributed by atoms with Crippen LogP contribution in [0.2, 0.25) is 0 Å². The average molecular weight is 483 g/mol. The van der Waals surface area contributed by atoms with Crippen molar-refractivity contribution in [2.75, 3.05) is 0 Å². The first-order valence-electron chi connectivity index (χ1n) is 13.6. The second-order valence-electron chi connectivity index (χ2n) is 13.0. The molecule has 0 amide bonds. The van der Waals surface area contributed by atoms with Crippen LogP contribution in [-0.4, -0.2) is 11.6 Å². The predicted molar refractivity (Wildman–Crippen MR) is 151 cm³/mol. The molecule has 0 aliphatic heterocycles. The van der Waals surface area contributed by atoms with Crippen molar-refractivity contribution in [3.63, 3.8) is 0 Å². The zero-order chi connectivity index (χ0) is 26.1. The SMILES string of the molecule is CC(C)(C)C1CCC(=O)/C(=C/c2ccc(-c3ccc(/C=C4\CC(C(C)(C)C)CCC4=O)cc3)cc2)C1. The van der Waals surface area contributed by atoms with Gasteiger partial charge in [-0.05, 0) is 93.9 Å². The van der Waals surface area contributed by atoms with Crippen molar-refractivity contribution in [3.05, 3.63) is 70.8 Å². The van der Waals surface area contributed by atoms with Gasteiger partial charge in [0.15, 0.2) is 11.6 Å². The van der Waals surface area contributed by atoms with E-state index in [0.717, 1.165) is 59.1 Å². The first-order chi connectivity index (χ1) is 16.9. The summed E-state index contributed by atoms with van der Waals surface area (Å²) in [5.41, 5.74) is 6.87. The molecule has 0 spiro atoms. The van der Waals surface area contributed by atoms with Gasteiger partial charge in [-0.1, -0.05) is 90.1 Å². The highest BCUT2D eigenvalue weighted by atomic mass is 16.1. The summed E-state index contributed by atoms with van der Waals surface area (Å²) in [6.07, 6.45) is 9.25. The first kappa shape index (κ1) is 26.3. The molecule has 0 radical (unpaired) electrons. The lowest BCUT2D eigenvalue weighted by molar-refractivity contribution is -0.118. The summed E-state index contributed by atoms with van der Waals surface area (Å²) >= 11 is 0. The quantitative estimate of drug-likeness (QED) is 0.409. The molecular weight excluding hydrogens is 440 g/mol. The Hall–Kier alpha value is -2.74. The van der Waals surface area contributed by atoms with E-state index in [1.807, 2.05) is 0 Å². The van der Waals surface area contributed by atoms with E-state index in [1.165, 1.54) is 0 Å². The molecule has 2 atom stereocenters. The molecule has 190 valence electrons. The number of hydrogen-bond donors (Lipinski definition) is 0. The predicted octanol–water partition coefficient (Wildman–Crippen LogP) is 8.95. The molecule has 2 heteroatoms. The van der Waals surface area contributed by atoms with Crippen molar-refractivity contribution in [2.24, 2.45) is 22.7 Å². The lowest BCUT2D eigenvalue weighted by Gasteiger charge is -2.34. The monoisotopic (exact) mass is 482 g/mol. The van der Waals surface area contributed by atoms with Crippen LogP contribution in [0.15, 0.2) is 59.7 Å². The summed E-state index contributed by atoms with van der Waals surface area (Å²) in [5, 5.41) is 0. The van der Waals surface area contributed by atoms with Gasteiger partial charge in [0.25, 0.3) is 0 Å². The average Bonchev–Trinajstić information content (AvgIpc) is 2.81. The molecule has 2 aromatic rings. The molecule has 0 aromatic heterocycles. The fraction of sp³-hybridized carbons (Fsp3) is 0.471. The third kappa shape index (κ3) is 6.33. The fourth-order valence-corrected chi connectivity index (χ4v) is 5.60. The highest BCUT2D eigenvalue weighted by molar-refractivity contribution is 6.01. The lowest BCUT2D eigenvalue weighted by Crippen LogP contribution is -2.27. The molecule has 2 unspecified atom stereocenters. The number of rotatable bonds is 3. The van der Waals surface area contributed by atoms with Crippen LogP contribution in [0.5, 0.6) is 0 Å². The summed E-state index contributed by atoms with van der Waals surface area (Å²) in [6, 6.07) is 17.0. The highest BCUT2D eigenvalue weighted by Gasteiger charge is 2.32. The molecule has 0 bridgehead atoms. The van der Waals surface area contributed by atoms with Gasteiger partial charge in [0, 0.05) is 12.8 Å². The van der Waals surface area contributed by atoms with E-state index in [9.17, 15) is 9.59 Å². The van der Waals surface area contributed by atoms with Gasteiger partial charge in [-0.25, -0.2) is 0 Å². The van der Waals surface area contributed by atoms with Crippen LogP contribution in [0.25, 0.3) is 23.3 Å². The highest BCUT2D eigenvalue weighted by Crippen LogP contribution is 2.40. The zero-order valence-electron chi connectivity index (χ0n) is 23.0. The minimum Gasteiger partial charge on any atom is -0.295 e. The normalized spacial score (nSPS) is 23.9. The van der Waals surface area contributed by atoms with Crippen LogP contribution in [0.4, 0.5) is 0 Å². The Morgan fingerprint density at radius 2 is 0.917 bits per heavy atom. The van der Waals surface area contributed by atoms with Crippen LogP contribution in [0.3, 0.4) is 0 Å². The van der Waals surface area contributed by atoms with Crippen LogP contribution in [-0.2, 0) is 9.59 Å². The van der Waals surface area contributed by atoms with Gasteiger partial charge in [-0.15, -0.1) is 0 Å².